The van der Waals surface area contributed by atoms with Crippen LogP contribution in [0.25, 0.3) is 0 Å². The Kier molecular flexibility index (Phi) is 3.92. The molecule has 0 aromatic rings. The largest absolute Gasteiger partial charge is 0.310 e. The highest BCUT2D eigenvalue weighted by Gasteiger charge is 2.33. The lowest BCUT2D eigenvalue weighted by molar-refractivity contribution is 0.0325. The van der Waals surface area contributed by atoms with Crippen molar-refractivity contribution in [1.29, 1.82) is 0 Å². The summed E-state index contributed by atoms with van der Waals surface area (Å²) in [5.74, 6) is 0. The Labute approximate surface area is 112 Å². The van der Waals surface area contributed by atoms with Gasteiger partial charge in [-0.1, -0.05) is 12.8 Å². The summed E-state index contributed by atoms with van der Waals surface area (Å²) >= 11 is 0. The molecule has 2 atom stereocenters. The summed E-state index contributed by atoms with van der Waals surface area (Å²) in [6.07, 6.45) is 8.44. The molecule has 3 rings (SSSR count). The molecule has 3 heterocycles. The van der Waals surface area contributed by atoms with Crippen molar-refractivity contribution in [3.63, 3.8) is 0 Å². The van der Waals surface area contributed by atoms with Gasteiger partial charge in [-0.15, -0.1) is 0 Å². The summed E-state index contributed by atoms with van der Waals surface area (Å²) in [7, 11) is 0. The minimum absolute atomic E-state index is 0.384. The van der Waals surface area contributed by atoms with Crippen molar-refractivity contribution in [3.05, 3.63) is 0 Å². The molecule has 3 saturated heterocycles. The van der Waals surface area contributed by atoms with Crippen molar-refractivity contribution in [3.8, 4) is 0 Å². The minimum atomic E-state index is 0.384. The van der Waals surface area contributed by atoms with Crippen LogP contribution < -0.4 is 5.32 Å². The molecule has 3 aliphatic heterocycles. The first-order valence-corrected chi connectivity index (χ1v) is 7.97. The topological polar surface area (TPSA) is 18.5 Å². The van der Waals surface area contributed by atoms with Crippen LogP contribution in [0, 0.1) is 0 Å². The predicted octanol–water partition coefficient (Wildman–Crippen LogP) is 1.69. The second-order valence-corrected chi connectivity index (χ2v) is 6.87. The van der Waals surface area contributed by atoms with Gasteiger partial charge < -0.3 is 5.32 Å². The maximum atomic E-state index is 3.76. The fourth-order valence-corrected chi connectivity index (χ4v) is 4.11. The number of rotatable bonds is 2. The molecule has 0 amide bonds. The number of hydrogen-bond acceptors (Lipinski definition) is 3. The van der Waals surface area contributed by atoms with E-state index in [2.05, 4.69) is 22.0 Å². The van der Waals surface area contributed by atoms with E-state index in [9.17, 15) is 0 Å². The number of piperidine rings is 2. The molecule has 3 fully saturated rings. The lowest BCUT2D eigenvalue weighted by Gasteiger charge is -2.47. The van der Waals surface area contributed by atoms with E-state index >= 15 is 0 Å². The molecular formula is C15H29N3. The first kappa shape index (κ1) is 12.9. The molecule has 1 N–H and O–H groups in total. The van der Waals surface area contributed by atoms with E-state index < -0.39 is 0 Å². The highest BCUT2D eigenvalue weighted by molar-refractivity contribution is 4.93. The maximum absolute atomic E-state index is 3.76. The smallest absolute Gasteiger partial charge is 0.0280 e. The van der Waals surface area contributed by atoms with Crippen LogP contribution in [0.2, 0.25) is 0 Å². The van der Waals surface area contributed by atoms with E-state index in [0.29, 0.717) is 5.54 Å². The second kappa shape index (κ2) is 5.48. The zero-order valence-electron chi connectivity index (χ0n) is 12.0. The van der Waals surface area contributed by atoms with Crippen molar-refractivity contribution in [2.24, 2.45) is 0 Å². The highest BCUT2D eigenvalue weighted by Crippen LogP contribution is 2.24. The van der Waals surface area contributed by atoms with Gasteiger partial charge in [0.25, 0.3) is 0 Å². The summed E-state index contributed by atoms with van der Waals surface area (Å²) in [5.41, 5.74) is 0.384. The van der Waals surface area contributed by atoms with E-state index in [0.717, 1.165) is 6.04 Å². The zero-order chi connectivity index (χ0) is 12.4. The van der Waals surface area contributed by atoms with Crippen LogP contribution in [0.15, 0.2) is 0 Å². The third-order valence-electron chi connectivity index (χ3n) is 5.20. The van der Waals surface area contributed by atoms with Gasteiger partial charge in [-0.25, -0.2) is 0 Å². The molecule has 3 heteroatoms. The van der Waals surface area contributed by atoms with Crippen LogP contribution in [0.3, 0.4) is 0 Å². The van der Waals surface area contributed by atoms with Crippen molar-refractivity contribution < 1.29 is 0 Å². The quantitative estimate of drug-likeness (QED) is 0.806. The Balaban J connectivity index is 1.54. The first-order chi connectivity index (χ1) is 8.75. The van der Waals surface area contributed by atoms with Gasteiger partial charge in [-0.2, -0.15) is 0 Å². The van der Waals surface area contributed by atoms with Gasteiger partial charge in [0.1, 0.15) is 0 Å². The molecule has 0 spiro atoms. The Morgan fingerprint density at radius 2 is 2.06 bits per heavy atom. The second-order valence-electron chi connectivity index (χ2n) is 6.87. The normalized spacial score (nSPS) is 39.5. The van der Waals surface area contributed by atoms with Crippen molar-refractivity contribution in [2.75, 3.05) is 39.3 Å². The molecule has 0 aliphatic carbocycles. The molecule has 18 heavy (non-hydrogen) atoms. The Bertz CT molecular complexity index is 273. The van der Waals surface area contributed by atoms with Crippen molar-refractivity contribution in [2.45, 2.75) is 57.0 Å². The third kappa shape index (κ3) is 2.89. The molecule has 2 unspecified atom stereocenters. The summed E-state index contributed by atoms with van der Waals surface area (Å²) < 4.78 is 0. The van der Waals surface area contributed by atoms with Gasteiger partial charge in [0.05, 0.1) is 0 Å². The van der Waals surface area contributed by atoms with Gasteiger partial charge >= 0.3 is 0 Å². The molecule has 0 aromatic carbocycles. The minimum Gasteiger partial charge on any atom is -0.310 e. The molecule has 0 aromatic heterocycles. The lowest BCUT2D eigenvalue weighted by atomic mass is 9.89. The summed E-state index contributed by atoms with van der Waals surface area (Å²) in [4.78, 5) is 5.46. The van der Waals surface area contributed by atoms with E-state index in [4.69, 9.17) is 0 Å². The van der Waals surface area contributed by atoms with Gasteiger partial charge in [-0.05, 0) is 45.7 Å². The van der Waals surface area contributed by atoms with E-state index in [-0.39, 0.29) is 0 Å². The monoisotopic (exact) mass is 251 g/mol. The number of fused-ring (bicyclic) bond motifs is 1. The third-order valence-corrected chi connectivity index (χ3v) is 5.20. The molecule has 3 aliphatic rings. The van der Waals surface area contributed by atoms with Crippen LogP contribution in [0.4, 0.5) is 0 Å². The van der Waals surface area contributed by atoms with Crippen LogP contribution in [-0.2, 0) is 0 Å². The summed E-state index contributed by atoms with van der Waals surface area (Å²) in [6, 6.07) is 0.861. The van der Waals surface area contributed by atoms with E-state index in [1.165, 1.54) is 77.8 Å². The number of nitrogens with one attached hydrogen (secondary N) is 1. The summed E-state index contributed by atoms with van der Waals surface area (Å²) in [5, 5.41) is 3.76. The van der Waals surface area contributed by atoms with Crippen molar-refractivity contribution in [1.82, 2.24) is 15.1 Å². The SMILES string of the molecule is CC1(CN2CCN3CCCCC3C2)CCCCN1. The van der Waals surface area contributed by atoms with Crippen LogP contribution in [0.1, 0.15) is 45.4 Å². The van der Waals surface area contributed by atoms with Crippen LogP contribution >= 0.6 is 0 Å². The first-order valence-electron chi connectivity index (χ1n) is 7.97. The molecule has 104 valence electrons. The summed E-state index contributed by atoms with van der Waals surface area (Å²) in [6.45, 7) is 10.2. The lowest BCUT2D eigenvalue weighted by Crippen LogP contribution is -2.60. The van der Waals surface area contributed by atoms with Gasteiger partial charge in [0, 0.05) is 37.8 Å². The molecule has 0 radical (unpaired) electrons. The zero-order valence-corrected chi connectivity index (χ0v) is 12.0. The van der Waals surface area contributed by atoms with E-state index in [1.807, 2.05) is 0 Å². The molecule has 0 bridgehead atoms. The van der Waals surface area contributed by atoms with Crippen LogP contribution in [-0.4, -0.2) is 60.6 Å². The standard InChI is InChI=1S/C15H29N3/c1-15(7-3-4-8-16-15)13-17-10-11-18-9-5-2-6-14(18)12-17/h14,16H,2-13H2,1H3. The van der Waals surface area contributed by atoms with Crippen molar-refractivity contribution >= 4 is 0 Å². The fourth-order valence-electron chi connectivity index (χ4n) is 4.11. The molecule has 0 saturated carbocycles. The number of piperazine rings is 1. The van der Waals surface area contributed by atoms with Gasteiger partial charge in [0.2, 0.25) is 0 Å². The predicted molar refractivity (Wildman–Crippen MR) is 75.9 cm³/mol. The average molecular weight is 251 g/mol. The highest BCUT2D eigenvalue weighted by atomic mass is 15.3. The maximum Gasteiger partial charge on any atom is 0.0280 e. The average Bonchev–Trinajstić information content (AvgIpc) is 2.39. The van der Waals surface area contributed by atoms with Gasteiger partial charge in [0.15, 0.2) is 0 Å². The molecular weight excluding hydrogens is 222 g/mol. The van der Waals surface area contributed by atoms with Gasteiger partial charge in [-0.3, -0.25) is 9.80 Å². The van der Waals surface area contributed by atoms with Crippen LogP contribution in [0.5, 0.6) is 0 Å². The Hall–Kier alpha value is -0.120. The molecule has 3 nitrogen and oxygen atoms in total. The van der Waals surface area contributed by atoms with E-state index in [1.54, 1.807) is 0 Å². The number of hydrogen-bond donors (Lipinski definition) is 1. The fraction of sp³-hybridized carbons (Fsp3) is 1.00. The Morgan fingerprint density at radius 3 is 2.89 bits per heavy atom. The Morgan fingerprint density at radius 1 is 1.11 bits per heavy atom. The number of nitrogens with zero attached hydrogens (tertiary/aromatic N) is 2.